The highest BCUT2D eigenvalue weighted by Crippen LogP contribution is 2.39. The van der Waals surface area contributed by atoms with Crippen molar-refractivity contribution in [1.29, 1.82) is 0 Å². The smallest absolute Gasteiger partial charge is 0.320 e. The lowest BCUT2D eigenvalue weighted by Crippen LogP contribution is -2.51. The molecule has 152 valence electrons. The van der Waals surface area contributed by atoms with Gasteiger partial charge < -0.3 is 14.7 Å². The number of halogens is 1. The molecule has 0 radical (unpaired) electrons. The third kappa shape index (κ3) is 3.91. The maximum absolute atomic E-state index is 13.2. The molecule has 3 aliphatic rings. The second-order valence-corrected chi connectivity index (χ2v) is 8.12. The molecule has 1 aromatic carbocycles. The molecular formula is C21H27FN2O4. The molecule has 28 heavy (non-hydrogen) atoms. The largest absolute Gasteiger partial charge is 0.480 e. The van der Waals surface area contributed by atoms with Crippen LogP contribution in [0.5, 0.6) is 0 Å². The third-order valence-electron chi connectivity index (χ3n) is 6.49. The van der Waals surface area contributed by atoms with Crippen LogP contribution >= 0.6 is 0 Å². The number of fused-ring (bicyclic) bond motifs is 1. The van der Waals surface area contributed by atoms with Gasteiger partial charge in [0.05, 0.1) is 19.7 Å². The average Bonchev–Trinajstić information content (AvgIpc) is 3.07. The van der Waals surface area contributed by atoms with Crippen molar-refractivity contribution in [3.63, 3.8) is 0 Å². The number of amides is 1. The van der Waals surface area contributed by atoms with Gasteiger partial charge in [-0.2, -0.15) is 0 Å². The number of carboxylic acids is 1. The van der Waals surface area contributed by atoms with E-state index in [4.69, 9.17) is 4.74 Å². The summed E-state index contributed by atoms with van der Waals surface area (Å²) < 4.78 is 18.9. The van der Waals surface area contributed by atoms with E-state index >= 15 is 0 Å². The van der Waals surface area contributed by atoms with Crippen LogP contribution in [0.25, 0.3) is 0 Å². The predicted octanol–water partition coefficient (Wildman–Crippen LogP) is 2.44. The Balaban J connectivity index is 1.43. The Hall–Kier alpha value is -1.99. The summed E-state index contributed by atoms with van der Waals surface area (Å²) >= 11 is 0. The fraction of sp³-hybridized carbons (Fsp3) is 0.619. The zero-order valence-electron chi connectivity index (χ0n) is 15.9. The molecule has 3 fully saturated rings. The molecule has 2 heterocycles. The van der Waals surface area contributed by atoms with Crippen molar-refractivity contribution in [2.45, 2.75) is 50.3 Å². The highest BCUT2D eigenvalue weighted by atomic mass is 19.1. The van der Waals surface area contributed by atoms with Gasteiger partial charge in [-0.05, 0) is 42.9 Å². The number of aliphatic carboxylic acids is 1. The fourth-order valence-electron chi connectivity index (χ4n) is 5.03. The van der Waals surface area contributed by atoms with Gasteiger partial charge in [0.15, 0.2) is 0 Å². The summed E-state index contributed by atoms with van der Waals surface area (Å²) in [5.41, 5.74) is 0.843. The Morgan fingerprint density at radius 1 is 1.18 bits per heavy atom. The van der Waals surface area contributed by atoms with Crippen molar-refractivity contribution in [2.24, 2.45) is 5.92 Å². The van der Waals surface area contributed by atoms with Gasteiger partial charge in [0, 0.05) is 12.6 Å². The summed E-state index contributed by atoms with van der Waals surface area (Å²) in [4.78, 5) is 28.4. The van der Waals surface area contributed by atoms with Crippen LogP contribution in [0, 0.1) is 11.7 Å². The van der Waals surface area contributed by atoms with Crippen molar-refractivity contribution in [2.75, 3.05) is 26.2 Å². The lowest BCUT2D eigenvalue weighted by molar-refractivity contribution is -0.146. The number of morpholine rings is 1. The van der Waals surface area contributed by atoms with E-state index in [9.17, 15) is 19.1 Å². The van der Waals surface area contributed by atoms with Crippen molar-refractivity contribution in [1.82, 2.24) is 9.80 Å². The molecule has 2 saturated heterocycles. The SMILES string of the molecule is O=C(O)C1CC2CCCCC2N1CC(=O)N1CCOC(c2ccc(F)cc2)C1. The summed E-state index contributed by atoms with van der Waals surface area (Å²) in [5, 5.41) is 9.65. The lowest BCUT2D eigenvalue weighted by atomic mass is 9.85. The number of ether oxygens (including phenoxy) is 1. The Morgan fingerprint density at radius 2 is 1.93 bits per heavy atom. The van der Waals surface area contributed by atoms with Crippen LogP contribution < -0.4 is 0 Å². The summed E-state index contributed by atoms with van der Waals surface area (Å²) in [6.07, 6.45) is 4.65. The van der Waals surface area contributed by atoms with E-state index in [1.54, 1.807) is 17.0 Å². The van der Waals surface area contributed by atoms with E-state index in [1.165, 1.54) is 12.1 Å². The van der Waals surface area contributed by atoms with E-state index in [1.807, 2.05) is 4.90 Å². The van der Waals surface area contributed by atoms with E-state index in [2.05, 4.69) is 0 Å². The first-order valence-electron chi connectivity index (χ1n) is 10.2. The number of hydrogen-bond donors (Lipinski definition) is 1. The maximum atomic E-state index is 13.2. The van der Waals surface area contributed by atoms with Gasteiger partial charge in [-0.15, -0.1) is 0 Å². The van der Waals surface area contributed by atoms with E-state index in [0.717, 1.165) is 31.2 Å². The summed E-state index contributed by atoms with van der Waals surface area (Å²) in [7, 11) is 0. The topological polar surface area (TPSA) is 70.1 Å². The van der Waals surface area contributed by atoms with Crippen LogP contribution in [0.1, 0.15) is 43.8 Å². The summed E-state index contributed by atoms with van der Waals surface area (Å²) in [5.74, 6) is -0.788. The van der Waals surface area contributed by atoms with Crippen LogP contribution in [0.2, 0.25) is 0 Å². The van der Waals surface area contributed by atoms with Crippen LogP contribution in [0.3, 0.4) is 0 Å². The highest BCUT2D eigenvalue weighted by Gasteiger charge is 2.46. The van der Waals surface area contributed by atoms with Crippen molar-refractivity contribution >= 4 is 11.9 Å². The van der Waals surface area contributed by atoms with Gasteiger partial charge in [0.25, 0.3) is 0 Å². The minimum Gasteiger partial charge on any atom is -0.480 e. The number of likely N-dealkylation sites (tertiary alicyclic amines) is 1. The minimum absolute atomic E-state index is 0.0483. The van der Waals surface area contributed by atoms with Crippen molar-refractivity contribution in [3.8, 4) is 0 Å². The van der Waals surface area contributed by atoms with Crippen molar-refractivity contribution < 1.29 is 23.8 Å². The van der Waals surface area contributed by atoms with Crippen LogP contribution in [0.4, 0.5) is 4.39 Å². The first kappa shape index (κ1) is 19.3. The van der Waals surface area contributed by atoms with Gasteiger partial charge in [-0.3, -0.25) is 14.5 Å². The molecule has 6 nitrogen and oxygen atoms in total. The number of benzene rings is 1. The summed E-state index contributed by atoms with van der Waals surface area (Å²) in [6, 6.07) is 5.79. The standard InChI is InChI=1S/C21H27FN2O4/c22-16-7-5-14(6-8-16)19-12-23(9-10-28-19)20(25)13-24-17-4-2-1-3-15(17)11-18(24)21(26)27/h5-8,15,17-19H,1-4,9-13H2,(H,26,27). The van der Waals surface area contributed by atoms with E-state index in [0.29, 0.717) is 32.0 Å². The molecule has 0 spiro atoms. The minimum atomic E-state index is -0.826. The molecule has 1 aromatic rings. The maximum Gasteiger partial charge on any atom is 0.320 e. The van der Waals surface area contributed by atoms with Gasteiger partial charge in [-0.1, -0.05) is 25.0 Å². The molecule has 2 aliphatic heterocycles. The molecule has 1 amide bonds. The average molecular weight is 390 g/mol. The van der Waals surface area contributed by atoms with Crippen molar-refractivity contribution in [3.05, 3.63) is 35.6 Å². The highest BCUT2D eigenvalue weighted by molar-refractivity contribution is 5.80. The molecule has 0 aromatic heterocycles. The Labute approximate surface area is 164 Å². The second kappa shape index (κ2) is 8.17. The van der Waals surface area contributed by atoms with E-state index < -0.39 is 12.0 Å². The predicted molar refractivity (Wildman–Crippen MR) is 100 cm³/mol. The first-order valence-corrected chi connectivity index (χ1v) is 10.2. The second-order valence-electron chi connectivity index (χ2n) is 8.12. The van der Waals surface area contributed by atoms with Crippen LogP contribution in [-0.4, -0.2) is 65.1 Å². The molecule has 0 bridgehead atoms. The Kier molecular flexibility index (Phi) is 5.64. The molecule has 4 unspecified atom stereocenters. The molecule has 1 aliphatic carbocycles. The number of carbonyl (C=O) groups is 2. The molecule has 1 N–H and O–H groups in total. The van der Waals surface area contributed by atoms with Gasteiger partial charge in [0.1, 0.15) is 18.0 Å². The number of nitrogens with zero attached hydrogens (tertiary/aromatic N) is 2. The first-order chi connectivity index (χ1) is 13.5. The molecular weight excluding hydrogens is 363 g/mol. The third-order valence-corrected chi connectivity index (χ3v) is 6.49. The van der Waals surface area contributed by atoms with Gasteiger partial charge in [-0.25, -0.2) is 4.39 Å². The number of hydrogen-bond acceptors (Lipinski definition) is 4. The van der Waals surface area contributed by atoms with Crippen LogP contribution in [-0.2, 0) is 14.3 Å². The zero-order valence-corrected chi connectivity index (χ0v) is 15.9. The van der Waals surface area contributed by atoms with Gasteiger partial charge in [0.2, 0.25) is 5.91 Å². The monoisotopic (exact) mass is 390 g/mol. The normalized spacial score (nSPS) is 30.8. The molecule has 7 heteroatoms. The van der Waals surface area contributed by atoms with Crippen LogP contribution in [0.15, 0.2) is 24.3 Å². The fourth-order valence-corrected chi connectivity index (χ4v) is 5.03. The number of rotatable bonds is 4. The molecule has 4 rings (SSSR count). The molecule has 4 atom stereocenters. The zero-order chi connectivity index (χ0) is 19.7. The number of carbonyl (C=O) groups excluding carboxylic acids is 1. The Bertz CT molecular complexity index is 726. The van der Waals surface area contributed by atoms with E-state index in [-0.39, 0.29) is 30.4 Å². The van der Waals surface area contributed by atoms with Gasteiger partial charge >= 0.3 is 5.97 Å². The number of carboxylic acid groups (broad SMARTS) is 1. The quantitative estimate of drug-likeness (QED) is 0.855. The molecule has 1 saturated carbocycles. The Morgan fingerprint density at radius 3 is 2.68 bits per heavy atom. The lowest BCUT2D eigenvalue weighted by Gasteiger charge is -2.37. The summed E-state index contributed by atoms with van der Waals surface area (Å²) in [6.45, 7) is 1.47.